The monoisotopic (exact) mass is 410 g/mol. The molecule has 1 atom stereocenters. The Morgan fingerprint density at radius 3 is 2.60 bits per heavy atom. The van der Waals surface area contributed by atoms with Gasteiger partial charge in [0.1, 0.15) is 0 Å². The summed E-state index contributed by atoms with van der Waals surface area (Å²) in [5.74, 6) is 0.176. The Kier molecular flexibility index (Phi) is 6.87. The molecule has 25 heavy (non-hydrogen) atoms. The molecule has 0 radical (unpaired) electrons. The van der Waals surface area contributed by atoms with Crippen molar-refractivity contribution in [3.8, 4) is 0 Å². The maximum atomic E-state index is 12.3. The van der Waals surface area contributed by atoms with Crippen LogP contribution in [0.2, 0.25) is 0 Å². The van der Waals surface area contributed by atoms with Crippen LogP contribution in [-0.2, 0) is 16.1 Å². The zero-order valence-electron chi connectivity index (χ0n) is 13.8. The summed E-state index contributed by atoms with van der Waals surface area (Å²) >= 11 is 3.32. The average molecular weight is 411 g/mol. The van der Waals surface area contributed by atoms with Gasteiger partial charge in [0.2, 0.25) is 0 Å². The van der Waals surface area contributed by atoms with Gasteiger partial charge in [-0.2, -0.15) is 0 Å². The SMILES string of the molecule is CC(C)CC(OC(=O)Nc1ccc(Br)cc1)C(=O)NCc1nnn[nH]1. The number of benzene rings is 1. The Balaban J connectivity index is 1.92. The van der Waals surface area contributed by atoms with Gasteiger partial charge in [0.05, 0.1) is 6.54 Å². The fraction of sp³-hybridized carbons (Fsp3) is 0.400. The minimum Gasteiger partial charge on any atom is -0.436 e. The number of carbonyl (C=O) groups is 2. The fourth-order valence-electron chi connectivity index (χ4n) is 1.98. The number of aromatic nitrogens is 4. The number of amides is 2. The normalized spacial score (nSPS) is 11.8. The molecule has 2 aromatic rings. The Bertz CT molecular complexity index is 690. The van der Waals surface area contributed by atoms with Gasteiger partial charge in [0.15, 0.2) is 11.9 Å². The lowest BCUT2D eigenvalue weighted by Gasteiger charge is -2.19. The van der Waals surface area contributed by atoms with Crippen molar-refractivity contribution in [3.05, 3.63) is 34.6 Å². The number of nitrogens with one attached hydrogen (secondary N) is 3. The maximum Gasteiger partial charge on any atom is 0.412 e. The molecule has 0 spiro atoms. The van der Waals surface area contributed by atoms with E-state index >= 15 is 0 Å². The van der Waals surface area contributed by atoms with Crippen molar-refractivity contribution in [3.63, 3.8) is 0 Å². The number of hydrogen-bond donors (Lipinski definition) is 3. The molecule has 1 aromatic heterocycles. The van der Waals surface area contributed by atoms with E-state index in [-0.39, 0.29) is 12.5 Å². The van der Waals surface area contributed by atoms with Crippen molar-refractivity contribution in [1.29, 1.82) is 0 Å². The van der Waals surface area contributed by atoms with Crippen molar-refractivity contribution >= 4 is 33.6 Å². The zero-order valence-corrected chi connectivity index (χ0v) is 15.4. The number of halogens is 1. The van der Waals surface area contributed by atoms with Crippen LogP contribution in [0.3, 0.4) is 0 Å². The van der Waals surface area contributed by atoms with E-state index in [9.17, 15) is 9.59 Å². The van der Waals surface area contributed by atoms with Gasteiger partial charge in [-0.25, -0.2) is 9.89 Å². The van der Waals surface area contributed by atoms with Crippen LogP contribution < -0.4 is 10.6 Å². The number of hydrogen-bond acceptors (Lipinski definition) is 6. The van der Waals surface area contributed by atoms with Crippen LogP contribution in [0.15, 0.2) is 28.7 Å². The molecule has 0 aliphatic rings. The van der Waals surface area contributed by atoms with E-state index < -0.39 is 18.1 Å². The Morgan fingerprint density at radius 2 is 2.00 bits per heavy atom. The topological polar surface area (TPSA) is 122 Å². The summed E-state index contributed by atoms with van der Waals surface area (Å²) in [6, 6.07) is 7.03. The summed E-state index contributed by atoms with van der Waals surface area (Å²) in [6.45, 7) is 4.01. The largest absolute Gasteiger partial charge is 0.436 e. The Hall–Kier alpha value is -2.49. The van der Waals surface area contributed by atoms with Gasteiger partial charge in [0, 0.05) is 10.2 Å². The Labute approximate surface area is 153 Å². The first-order valence-corrected chi connectivity index (χ1v) is 8.47. The first-order chi connectivity index (χ1) is 11.9. The van der Waals surface area contributed by atoms with Gasteiger partial charge in [-0.05, 0) is 47.0 Å². The number of anilines is 1. The van der Waals surface area contributed by atoms with E-state index in [1.165, 1.54) is 0 Å². The van der Waals surface area contributed by atoms with Crippen molar-refractivity contribution < 1.29 is 14.3 Å². The Morgan fingerprint density at radius 1 is 1.28 bits per heavy atom. The highest BCUT2D eigenvalue weighted by Crippen LogP contribution is 2.15. The van der Waals surface area contributed by atoms with Crippen molar-refractivity contribution in [2.45, 2.75) is 32.9 Å². The molecule has 0 aliphatic heterocycles. The minimum atomic E-state index is -0.911. The summed E-state index contributed by atoms with van der Waals surface area (Å²) in [7, 11) is 0. The van der Waals surface area contributed by atoms with Crippen molar-refractivity contribution in [2.75, 3.05) is 5.32 Å². The predicted octanol–water partition coefficient (Wildman–Crippen LogP) is 2.24. The predicted molar refractivity (Wildman–Crippen MR) is 93.5 cm³/mol. The molecule has 9 nitrogen and oxygen atoms in total. The quantitative estimate of drug-likeness (QED) is 0.643. The zero-order chi connectivity index (χ0) is 18.2. The van der Waals surface area contributed by atoms with Crippen LogP contribution in [0.5, 0.6) is 0 Å². The number of aromatic amines is 1. The molecule has 1 unspecified atom stereocenters. The third-order valence-corrected chi connectivity index (χ3v) is 3.67. The lowest BCUT2D eigenvalue weighted by molar-refractivity contribution is -0.130. The number of nitrogens with zero attached hydrogens (tertiary/aromatic N) is 3. The molecule has 0 saturated heterocycles. The molecule has 0 fully saturated rings. The van der Waals surface area contributed by atoms with Crippen LogP contribution in [0, 0.1) is 5.92 Å². The fourth-order valence-corrected chi connectivity index (χ4v) is 2.25. The van der Waals surface area contributed by atoms with E-state index in [4.69, 9.17) is 4.74 Å². The molecule has 0 saturated carbocycles. The first-order valence-electron chi connectivity index (χ1n) is 7.67. The molecule has 134 valence electrons. The molecule has 0 aliphatic carbocycles. The highest BCUT2D eigenvalue weighted by Gasteiger charge is 2.24. The van der Waals surface area contributed by atoms with Gasteiger partial charge >= 0.3 is 6.09 Å². The van der Waals surface area contributed by atoms with E-state index in [1.807, 2.05) is 13.8 Å². The average Bonchev–Trinajstić information content (AvgIpc) is 3.07. The van der Waals surface area contributed by atoms with Crippen LogP contribution in [0.4, 0.5) is 10.5 Å². The van der Waals surface area contributed by atoms with E-state index in [0.717, 1.165) is 4.47 Å². The standard InChI is InChI=1S/C15H19BrN6O3/c1-9(2)7-12(14(23)17-8-13-19-21-22-20-13)25-15(24)18-11-5-3-10(16)4-6-11/h3-6,9,12H,7-8H2,1-2H3,(H,17,23)(H,18,24)(H,19,20,21,22). The van der Waals surface area contributed by atoms with Gasteiger partial charge in [-0.15, -0.1) is 5.10 Å². The van der Waals surface area contributed by atoms with Crippen molar-refractivity contribution in [2.24, 2.45) is 5.92 Å². The van der Waals surface area contributed by atoms with Gasteiger partial charge in [0.25, 0.3) is 5.91 Å². The summed E-state index contributed by atoms with van der Waals surface area (Å²) < 4.78 is 6.19. The third kappa shape index (κ3) is 6.49. The van der Waals surface area contributed by atoms with Gasteiger partial charge < -0.3 is 10.1 Å². The molecule has 2 amide bonds. The number of rotatable bonds is 7. The second-order valence-corrected chi connectivity index (χ2v) is 6.64. The van der Waals surface area contributed by atoms with E-state index in [2.05, 4.69) is 47.2 Å². The summed E-state index contributed by atoms with van der Waals surface area (Å²) in [5, 5.41) is 18.3. The van der Waals surface area contributed by atoms with Crippen LogP contribution in [-0.4, -0.2) is 38.7 Å². The maximum absolute atomic E-state index is 12.3. The van der Waals surface area contributed by atoms with Crippen LogP contribution in [0.25, 0.3) is 0 Å². The van der Waals surface area contributed by atoms with E-state index in [1.54, 1.807) is 24.3 Å². The summed E-state index contributed by atoms with van der Waals surface area (Å²) in [4.78, 5) is 24.4. The summed E-state index contributed by atoms with van der Waals surface area (Å²) in [5.41, 5.74) is 0.574. The molecule has 3 N–H and O–H groups in total. The second kappa shape index (κ2) is 9.11. The highest BCUT2D eigenvalue weighted by molar-refractivity contribution is 9.10. The van der Waals surface area contributed by atoms with Crippen molar-refractivity contribution in [1.82, 2.24) is 25.9 Å². The summed E-state index contributed by atoms with van der Waals surface area (Å²) in [6.07, 6.45) is -1.20. The van der Waals surface area contributed by atoms with Crippen LogP contribution in [0.1, 0.15) is 26.1 Å². The molecule has 1 heterocycles. The molecular formula is C15H19BrN6O3. The second-order valence-electron chi connectivity index (χ2n) is 5.72. The number of ether oxygens (including phenoxy) is 1. The lowest BCUT2D eigenvalue weighted by atomic mass is 10.1. The molecule has 1 aromatic carbocycles. The minimum absolute atomic E-state index is 0.123. The highest BCUT2D eigenvalue weighted by atomic mass is 79.9. The first kappa shape index (κ1) is 18.8. The molecule has 0 bridgehead atoms. The molecule has 2 rings (SSSR count). The van der Waals surface area contributed by atoms with Crippen LogP contribution >= 0.6 is 15.9 Å². The number of H-pyrrole nitrogens is 1. The lowest BCUT2D eigenvalue weighted by Crippen LogP contribution is -2.39. The van der Waals surface area contributed by atoms with Gasteiger partial charge in [-0.3, -0.25) is 10.1 Å². The number of carbonyl (C=O) groups excluding carboxylic acids is 2. The van der Waals surface area contributed by atoms with Gasteiger partial charge in [-0.1, -0.05) is 29.8 Å². The molecular weight excluding hydrogens is 392 g/mol. The third-order valence-electron chi connectivity index (χ3n) is 3.14. The smallest absolute Gasteiger partial charge is 0.412 e. The molecule has 10 heteroatoms. The van der Waals surface area contributed by atoms with E-state index in [0.29, 0.717) is 17.9 Å². The number of tetrazole rings is 1.